The Kier molecular flexibility index (Phi) is 6.46. The zero-order valence-electron chi connectivity index (χ0n) is 15.0. The van der Waals surface area contributed by atoms with Gasteiger partial charge in [-0.15, -0.1) is 0 Å². The first-order valence-electron chi connectivity index (χ1n) is 8.02. The molecule has 2 aromatic carbocycles. The van der Waals surface area contributed by atoms with Crippen molar-refractivity contribution in [2.45, 2.75) is 13.8 Å². The number of methoxy groups -OCH3 is 2. The fourth-order valence-electron chi connectivity index (χ4n) is 2.35. The Balaban J connectivity index is 2.11. The summed E-state index contributed by atoms with van der Waals surface area (Å²) in [4.78, 5) is 12.2. The number of hydrogen-bond donors (Lipinski definition) is 1. The molecule has 25 heavy (non-hydrogen) atoms. The standard InChI is InChI=1S/C20H23NO4/c1-5-25-18-10-8-16(13-19(18)24-4)21-20(22)11-7-15-12-14(2)6-9-17(15)23-3/h6-13H,5H2,1-4H3,(H,21,22)/b11-7+. The average Bonchev–Trinajstić information content (AvgIpc) is 2.61. The molecule has 1 amide bonds. The molecule has 0 saturated carbocycles. The molecule has 0 radical (unpaired) electrons. The number of anilines is 1. The zero-order chi connectivity index (χ0) is 18.2. The van der Waals surface area contributed by atoms with E-state index >= 15 is 0 Å². The molecule has 0 aliphatic heterocycles. The Morgan fingerprint density at radius 1 is 1.04 bits per heavy atom. The van der Waals surface area contributed by atoms with Gasteiger partial charge in [-0.3, -0.25) is 4.79 Å². The summed E-state index contributed by atoms with van der Waals surface area (Å²) < 4.78 is 16.1. The van der Waals surface area contributed by atoms with Gasteiger partial charge in [0.05, 0.1) is 20.8 Å². The molecule has 0 aromatic heterocycles. The Bertz CT molecular complexity index is 768. The molecule has 0 heterocycles. The molecule has 2 rings (SSSR count). The second-order valence-corrected chi connectivity index (χ2v) is 5.37. The van der Waals surface area contributed by atoms with Crippen LogP contribution in [0.3, 0.4) is 0 Å². The largest absolute Gasteiger partial charge is 0.496 e. The number of benzene rings is 2. The molecular weight excluding hydrogens is 318 g/mol. The van der Waals surface area contributed by atoms with E-state index in [9.17, 15) is 4.79 Å². The van der Waals surface area contributed by atoms with Gasteiger partial charge in [0.15, 0.2) is 11.5 Å². The summed E-state index contributed by atoms with van der Waals surface area (Å²) in [6, 6.07) is 11.1. The van der Waals surface area contributed by atoms with Gasteiger partial charge in [-0.2, -0.15) is 0 Å². The number of carbonyl (C=O) groups excluding carboxylic acids is 1. The van der Waals surface area contributed by atoms with Crippen LogP contribution in [0.25, 0.3) is 6.08 Å². The minimum Gasteiger partial charge on any atom is -0.496 e. The maximum Gasteiger partial charge on any atom is 0.248 e. The van der Waals surface area contributed by atoms with Crippen molar-refractivity contribution in [2.24, 2.45) is 0 Å². The zero-order valence-corrected chi connectivity index (χ0v) is 15.0. The molecule has 0 spiro atoms. The van der Waals surface area contributed by atoms with E-state index in [1.807, 2.05) is 32.0 Å². The SMILES string of the molecule is CCOc1ccc(NC(=O)/C=C/c2cc(C)ccc2OC)cc1OC. The number of hydrogen-bond acceptors (Lipinski definition) is 4. The lowest BCUT2D eigenvalue weighted by Gasteiger charge is -2.11. The number of aryl methyl sites for hydroxylation is 1. The highest BCUT2D eigenvalue weighted by atomic mass is 16.5. The molecule has 0 bridgehead atoms. The summed E-state index contributed by atoms with van der Waals surface area (Å²) in [6.07, 6.45) is 3.20. The van der Waals surface area contributed by atoms with Crippen molar-refractivity contribution in [3.8, 4) is 17.2 Å². The number of rotatable bonds is 7. The lowest BCUT2D eigenvalue weighted by atomic mass is 10.1. The number of carbonyl (C=O) groups is 1. The molecule has 0 aliphatic carbocycles. The van der Waals surface area contributed by atoms with Gasteiger partial charge in [0, 0.05) is 23.4 Å². The highest BCUT2D eigenvalue weighted by Crippen LogP contribution is 2.30. The fourth-order valence-corrected chi connectivity index (χ4v) is 2.35. The van der Waals surface area contributed by atoms with Crippen LogP contribution in [-0.4, -0.2) is 26.7 Å². The molecule has 1 N–H and O–H groups in total. The summed E-state index contributed by atoms with van der Waals surface area (Å²) in [6.45, 7) is 4.44. The fraction of sp³-hybridized carbons (Fsp3) is 0.250. The van der Waals surface area contributed by atoms with E-state index in [1.165, 1.54) is 6.08 Å². The van der Waals surface area contributed by atoms with E-state index in [0.29, 0.717) is 23.8 Å². The van der Waals surface area contributed by atoms with Crippen LogP contribution in [0.1, 0.15) is 18.1 Å². The third kappa shape index (κ3) is 5.01. The highest BCUT2D eigenvalue weighted by molar-refractivity contribution is 6.02. The molecule has 0 saturated heterocycles. The Morgan fingerprint density at radius 2 is 1.76 bits per heavy atom. The quantitative estimate of drug-likeness (QED) is 0.772. The number of amides is 1. The van der Waals surface area contributed by atoms with Crippen LogP contribution in [0.2, 0.25) is 0 Å². The van der Waals surface area contributed by atoms with Crippen molar-refractivity contribution in [1.29, 1.82) is 0 Å². The average molecular weight is 341 g/mol. The minimum atomic E-state index is -0.241. The van der Waals surface area contributed by atoms with Gasteiger partial charge in [0.25, 0.3) is 0 Å². The van der Waals surface area contributed by atoms with Crippen molar-refractivity contribution in [3.63, 3.8) is 0 Å². The Labute approximate surface area is 148 Å². The highest BCUT2D eigenvalue weighted by Gasteiger charge is 2.07. The summed E-state index contributed by atoms with van der Waals surface area (Å²) >= 11 is 0. The van der Waals surface area contributed by atoms with E-state index in [-0.39, 0.29) is 5.91 Å². The van der Waals surface area contributed by atoms with E-state index in [0.717, 1.165) is 16.9 Å². The van der Waals surface area contributed by atoms with Crippen LogP contribution in [0, 0.1) is 6.92 Å². The van der Waals surface area contributed by atoms with Crippen LogP contribution in [0.15, 0.2) is 42.5 Å². The minimum absolute atomic E-state index is 0.241. The molecule has 5 nitrogen and oxygen atoms in total. The predicted molar refractivity (Wildman–Crippen MR) is 99.6 cm³/mol. The van der Waals surface area contributed by atoms with Gasteiger partial charge in [0.2, 0.25) is 5.91 Å². The normalized spacial score (nSPS) is 10.6. The van der Waals surface area contributed by atoms with Gasteiger partial charge in [-0.25, -0.2) is 0 Å². The van der Waals surface area contributed by atoms with Crippen molar-refractivity contribution < 1.29 is 19.0 Å². The lowest BCUT2D eigenvalue weighted by Crippen LogP contribution is -2.08. The van der Waals surface area contributed by atoms with E-state index < -0.39 is 0 Å². The van der Waals surface area contributed by atoms with Crippen molar-refractivity contribution in [3.05, 3.63) is 53.6 Å². The molecule has 0 unspecified atom stereocenters. The van der Waals surface area contributed by atoms with Crippen molar-refractivity contribution in [2.75, 3.05) is 26.1 Å². The molecule has 0 atom stereocenters. The molecule has 5 heteroatoms. The van der Waals surface area contributed by atoms with Gasteiger partial charge in [-0.05, 0) is 44.2 Å². The molecule has 2 aromatic rings. The topological polar surface area (TPSA) is 56.8 Å². The maximum absolute atomic E-state index is 12.2. The van der Waals surface area contributed by atoms with Gasteiger partial charge < -0.3 is 19.5 Å². The third-order valence-electron chi connectivity index (χ3n) is 3.53. The first-order valence-corrected chi connectivity index (χ1v) is 8.02. The molecular formula is C20H23NO4. The summed E-state index contributed by atoms with van der Waals surface area (Å²) in [5.41, 5.74) is 2.57. The summed E-state index contributed by atoms with van der Waals surface area (Å²) in [5, 5.41) is 2.81. The second kappa shape index (κ2) is 8.78. The number of ether oxygens (including phenoxy) is 3. The molecule has 0 fully saturated rings. The number of nitrogens with one attached hydrogen (secondary N) is 1. The van der Waals surface area contributed by atoms with Crippen LogP contribution in [0.5, 0.6) is 17.2 Å². The first kappa shape index (κ1) is 18.4. The summed E-state index contributed by atoms with van der Waals surface area (Å²) in [5.74, 6) is 1.69. The van der Waals surface area contributed by atoms with Crippen molar-refractivity contribution in [1.82, 2.24) is 0 Å². The van der Waals surface area contributed by atoms with Crippen molar-refractivity contribution >= 4 is 17.7 Å². The van der Waals surface area contributed by atoms with E-state index in [1.54, 1.807) is 38.5 Å². The maximum atomic E-state index is 12.2. The molecule has 132 valence electrons. The first-order chi connectivity index (χ1) is 12.1. The lowest BCUT2D eigenvalue weighted by molar-refractivity contribution is -0.111. The Hall–Kier alpha value is -2.95. The van der Waals surface area contributed by atoms with E-state index in [4.69, 9.17) is 14.2 Å². The molecule has 0 aliphatic rings. The van der Waals surface area contributed by atoms with Gasteiger partial charge >= 0.3 is 0 Å². The van der Waals surface area contributed by atoms with E-state index in [2.05, 4.69) is 5.32 Å². The predicted octanol–water partition coefficient (Wildman–Crippen LogP) is 4.06. The monoisotopic (exact) mass is 341 g/mol. The summed E-state index contributed by atoms with van der Waals surface area (Å²) in [7, 11) is 3.17. The van der Waals surface area contributed by atoms with Crippen LogP contribution in [0.4, 0.5) is 5.69 Å². The third-order valence-corrected chi connectivity index (χ3v) is 3.53. The van der Waals surface area contributed by atoms with Gasteiger partial charge in [-0.1, -0.05) is 11.6 Å². The smallest absolute Gasteiger partial charge is 0.248 e. The van der Waals surface area contributed by atoms with Crippen LogP contribution < -0.4 is 19.5 Å². The second-order valence-electron chi connectivity index (χ2n) is 5.37. The van der Waals surface area contributed by atoms with Crippen LogP contribution >= 0.6 is 0 Å². The van der Waals surface area contributed by atoms with Gasteiger partial charge in [0.1, 0.15) is 5.75 Å². The van der Waals surface area contributed by atoms with Crippen LogP contribution in [-0.2, 0) is 4.79 Å². The Morgan fingerprint density at radius 3 is 2.44 bits per heavy atom.